The van der Waals surface area contributed by atoms with Gasteiger partial charge in [-0.3, -0.25) is 9.59 Å². The minimum absolute atomic E-state index is 0.0236. The van der Waals surface area contributed by atoms with Crippen LogP contribution in [0.25, 0.3) is 22.2 Å². The van der Waals surface area contributed by atoms with Crippen molar-refractivity contribution in [3.05, 3.63) is 84.2 Å². The van der Waals surface area contributed by atoms with Crippen LogP contribution in [0.5, 0.6) is 0 Å². The van der Waals surface area contributed by atoms with E-state index in [0.717, 1.165) is 22.0 Å². The van der Waals surface area contributed by atoms with Gasteiger partial charge in [-0.25, -0.2) is 9.97 Å². The number of carbonyl (C=O) groups is 2. The van der Waals surface area contributed by atoms with Gasteiger partial charge >= 0.3 is 0 Å². The highest BCUT2D eigenvalue weighted by Gasteiger charge is 2.27. The lowest BCUT2D eigenvalue weighted by atomic mass is 9.95. The molecule has 0 saturated carbocycles. The van der Waals surface area contributed by atoms with Crippen molar-refractivity contribution >= 4 is 46.0 Å². The SMILES string of the molecule is C=CC(=O)Nc1ccc(CNC(=O)[C@H]2CNC[C@@H](Nc3ncc(Cl)c(-c4c[nH]c5ccccc45)n3)C2)cc1. The van der Waals surface area contributed by atoms with Crippen LogP contribution in [-0.2, 0) is 16.1 Å². The fourth-order valence-corrected chi connectivity index (χ4v) is 4.75. The van der Waals surface area contributed by atoms with Gasteiger partial charge in [0.25, 0.3) is 0 Å². The number of hydrogen-bond donors (Lipinski definition) is 5. The lowest BCUT2D eigenvalue weighted by Gasteiger charge is -2.30. The normalized spacial score (nSPS) is 17.1. The molecule has 0 unspecified atom stereocenters. The van der Waals surface area contributed by atoms with Crippen molar-refractivity contribution in [2.24, 2.45) is 5.92 Å². The molecule has 9 nitrogen and oxygen atoms in total. The summed E-state index contributed by atoms with van der Waals surface area (Å²) in [6.45, 7) is 5.13. The molecule has 1 aliphatic rings. The number of fused-ring (bicyclic) bond motifs is 1. The van der Waals surface area contributed by atoms with Gasteiger partial charge in [-0.1, -0.05) is 48.5 Å². The molecule has 0 aliphatic carbocycles. The van der Waals surface area contributed by atoms with Crippen LogP contribution in [0.15, 0.2) is 73.6 Å². The van der Waals surface area contributed by atoms with E-state index >= 15 is 0 Å². The van der Waals surface area contributed by atoms with Crippen molar-refractivity contribution in [3.8, 4) is 11.3 Å². The van der Waals surface area contributed by atoms with Gasteiger partial charge in [0.15, 0.2) is 0 Å². The molecular weight excluding hydrogens is 502 g/mol. The number of aromatic amines is 1. The van der Waals surface area contributed by atoms with Crippen molar-refractivity contribution < 1.29 is 9.59 Å². The number of rotatable bonds is 8. The number of amides is 2. The van der Waals surface area contributed by atoms with Gasteiger partial charge in [-0.2, -0.15) is 0 Å². The molecule has 1 saturated heterocycles. The highest BCUT2D eigenvalue weighted by Crippen LogP contribution is 2.32. The summed E-state index contributed by atoms with van der Waals surface area (Å²) in [5, 5.41) is 13.9. The molecule has 38 heavy (non-hydrogen) atoms. The number of hydrogen-bond acceptors (Lipinski definition) is 6. The minimum atomic E-state index is -0.266. The number of piperidine rings is 1. The molecule has 0 bridgehead atoms. The summed E-state index contributed by atoms with van der Waals surface area (Å²) in [4.78, 5) is 36.6. The molecule has 2 atom stereocenters. The highest BCUT2D eigenvalue weighted by molar-refractivity contribution is 6.33. The van der Waals surface area contributed by atoms with Gasteiger partial charge in [-0.15, -0.1) is 0 Å². The summed E-state index contributed by atoms with van der Waals surface area (Å²) >= 11 is 6.46. The fraction of sp³-hybridized carbons (Fsp3) is 0.214. The second-order valence-electron chi connectivity index (χ2n) is 9.18. The predicted molar refractivity (Wildman–Crippen MR) is 150 cm³/mol. The van der Waals surface area contributed by atoms with E-state index < -0.39 is 0 Å². The van der Waals surface area contributed by atoms with Crippen molar-refractivity contribution in [2.45, 2.75) is 19.0 Å². The van der Waals surface area contributed by atoms with Crippen LogP contribution in [-0.4, -0.2) is 45.9 Å². The van der Waals surface area contributed by atoms with Crippen molar-refractivity contribution in [2.75, 3.05) is 23.7 Å². The van der Waals surface area contributed by atoms with Crippen LogP contribution in [0.2, 0.25) is 5.02 Å². The van der Waals surface area contributed by atoms with E-state index in [1.165, 1.54) is 6.08 Å². The van der Waals surface area contributed by atoms with Crippen molar-refractivity contribution in [1.82, 2.24) is 25.6 Å². The Morgan fingerprint density at radius 1 is 1.13 bits per heavy atom. The van der Waals surface area contributed by atoms with Gasteiger partial charge in [0.1, 0.15) is 0 Å². The molecule has 1 fully saturated rings. The minimum Gasteiger partial charge on any atom is -0.360 e. The quantitative estimate of drug-likeness (QED) is 0.219. The van der Waals surface area contributed by atoms with Gasteiger partial charge in [0.2, 0.25) is 17.8 Å². The van der Waals surface area contributed by atoms with Crippen LogP contribution >= 0.6 is 11.6 Å². The molecule has 10 heteroatoms. The Morgan fingerprint density at radius 2 is 1.95 bits per heavy atom. The molecule has 0 radical (unpaired) electrons. The van der Waals surface area contributed by atoms with E-state index in [2.05, 4.69) is 37.8 Å². The number of halogens is 1. The van der Waals surface area contributed by atoms with E-state index in [0.29, 0.717) is 48.4 Å². The number of nitrogens with one attached hydrogen (secondary N) is 5. The Labute approximate surface area is 225 Å². The third-order valence-electron chi connectivity index (χ3n) is 6.52. The maximum absolute atomic E-state index is 12.9. The molecule has 5 rings (SSSR count). The molecular formula is C28H28ClN7O2. The molecule has 0 spiro atoms. The third-order valence-corrected chi connectivity index (χ3v) is 6.79. The fourth-order valence-electron chi connectivity index (χ4n) is 4.56. The number of benzene rings is 2. The lowest BCUT2D eigenvalue weighted by molar-refractivity contribution is -0.125. The van der Waals surface area contributed by atoms with Crippen LogP contribution in [0.4, 0.5) is 11.6 Å². The Morgan fingerprint density at radius 3 is 2.76 bits per heavy atom. The van der Waals surface area contributed by atoms with Gasteiger partial charge < -0.3 is 26.3 Å². The van der Waals surface area contributed by atoms with E-state index in [4.69, 9.17) is 16.6 Å². The summed E-state index contributed by atoms with van der Waals surface area (Å²) in [7, 11) is 0. The first-order chi connectivity index (χ1) is 18.5. The predicted octanol–water partition coefficient (Wildman–Crippen LogP) is 4.11. The van der Waals surface area contributed by atoms with Crippen LogP contribution < -0.4 is 21.3 Å². The van der Waals surface area contributed by atoms with E-state index in [1.807, 2.05) is 42.6 Å². The number of carbonyl (C=O) groups excluding carboxylic acids is 2. The van der Waals surface area contributed by atoms with E-state index in [1.54, 1.807) is 18.3 Å². The van der Waals surface area contributed by atoms with E-state index in [9.17, 15) is 9.59 Å². The van der Waals surface area contributed by atoms with Crippen LogP contribution in [0.1, 0.15) is 12.0 Å². The van der Waals surface area contributed by atoms with Gasteiger partial charge in [0, 0.05) is 54.0 Å². The molecule has 194 valence electrons. The Kier molecular flexibility index (Phi) is 7.67. The zero-order chi connectivity index (χ0) is 26.5. The van der Waals surface area contributed by atoms with Gasteiger partial charge in [0.05, 0.1) is 22.8 Å². The molecule has 5 N–H and O–H groups in total. The Balaban J connectivity index is 1.19. The number of anilines is 2. The highest BCUT2D eigenvalue weighted by atomic mass is 35.5. The zero-order valence-corrected chi connectivity index (χ0v) is 21.4. The smallest absolute Gasteiger partial charge is 0.247 e. The molecule has 3 heterocycles. The lowest BCUT2D eigenvalue weighted by Crippen LogP contribution is -2.48. The first kappa shape index (κ1) is 25.4. The average molecular weight is 530 g/mol. The number of aromatic nitrogens is 3. The molecule has 2 amide bonds. The summed E-state index contributed by atoms with van der Waals surface area (Å²) < 4.78 is 0. The Bertz CT molecular complexity index is 1470. The molecule has 1 aliphatic heterocycles. The topological polar surface area (TPSA) is 124 Å². The van der Waals surface area contributed by atoms with Crippen molar-refractivity contribution in [1.29, 1.82) is 0 Å². The molecule has 2 aromatic carbocycles. The van der Waals surface area contributed by atoms with E-state index in [-0.39, 0.29) is 23.8 Å². The van der Waals surface area contributed by atoms with Gasteiger partial charge in [-0.05, 0) is 36.3 Å². The summed E-state index contributed by atoms with van der Waals surface area (Å²) in [5.41, 5.74) is 4.17. The maximum atomic E-state index is 12.9. The average Bonchev–Trinajstić information content (AvgIpc) is 3.37. The first-order valence-corrected chi connectivity index (χ1v) is 12.7. The third kappa shape index (κ3) is 5.85. The molecule has 2 aromatic heterocycles. The summed E-state index contributed by atoms with van der Waals surface area (Å²) in [5.74, 6) is -0.0271. The summed E-state index contributed by atoms with van der Waals surface area (Å²) in [6.07, 6.45) is 5.36. The number of H-pyrrole nitrogens is 1. The second-order valence-corrected chi connectivity index (χ2v) is 9.59. The number of para-hydroxylation sites is 1. The van der Waals surface area contributed by atoms with Crippen molar-refractivity contribution in [3.63, 3.8) is 0 Å². The monoisotopic (exact) mass is 529 g/mol. The van der Waals surface area contributed by atoms with Crippen LogP contribution in [0.3, 0.4) is 0 Å². The molecule has 4 aromatic rings. The zero-order valence-electron chi connectivity index (χ0n) is 20.6. The maximum Gasteiger partial charge on any atom is 0.247 e. The number of nitrogens with zero attached hydrogens (tertiary/aromatic N) is 2. The first-order valence-electron chi connectivity index (χ1n) is 12.4. The Hall–Kier alpha value is -4.21. The van der Waals surface area contributed by atoms with Crippen LogP contribution in [0, 0.1) is 5.92 Å². The second kappa shape index (κ2) is 11.5. The standard InChI is InChI=1S/C28H28ClN7O2/c1-2-25(37)34-19-9-7-17(8-10-19)12-32-27(38)18-11-20(14-30-13-18)35-28-33-16-23(29)26(36-28)22-15-31-24-6-4-3-5-21(22)24/h2-10,15-16,18,20,30-31H,1,11-14H2,(H,32,38)(H,34,37)(H,33,35,36)/t18-,20+/m1/s1. The largest absolute Gasteiger partial charge is 0.360 e. The summed E-state index contributed by atoms with van der Waals surface area (Å²) in [6, 6.07) is 15.3.